The molecule has 0 amide bonds. The lowest BCUT2D eigenvalue weighted by atomic mass is 10.1. The van der Waals surface area contributed by atoms with Crippen LogP contribution in [0.2, 0.25) is 0 Å². The first-order valence-electron chi connectivity index (χ1n) is 7.46. The molecular formula is C15H24BrN3O. The molecule has 2 unspecified atom stereocenters. The third-order valence-corrected chi connectivity index (χ3v) is 4.24. The highest BCUT2D eigenvalue weighted by Gasteiger charge is 2.27. The molecule has 1 N–H and O–H groups in total. The van der Waals surface area contributed by atoms with E-state index in [-0.39, 0.29) is 6.10 Å². The van der Waals surface area contributed by atoms with Crippen LogP contribution in [-0.4, -0.2) is 22.6 Å². The molecule has 4 nitrogen and oxygen atoms in total. The zero-order valence-electron chi connectivity index (χ0n) is 12.7. The Morgan fingerprint density at radius 3 is 2.65 bits per heavy atom. The summed E-state index contributed by atoms with van der Waals surface area (Å²) in [4.78, 5) is 9.40. The predicted octanol–water partition coefficient (Wildman–Crippen LogP) is 4.11. The van der Waals surface area contributed by atoms with Crippen molar-refractivity contribution in [1.29, 1.82) is 0 Å². The third-order valence-electron chi connectivity index (χ3n) is 3.40. The minimum atomic E-state index is 0.0430. The van der Waals surface area contributed by atoms with E-state index < -0.39 is 0 Å². The normalized spacial score (nSPS) is 22.5. The van der Waals surface area contributed by atoms with Gasteiger partial charge in [-0.25, -0.2) is 9.97 Å². The molecule has 0 radical (unpaired) electrons. The van der Waals surface area contributed by atoms with Gasteiger partial charge in [-0.1, -0.05) is 13.8 Å². The second-order valence-corrected chi connectivity index (χ2v) is 6.63. The summed E-state index contributed by atoms with van der Waals surface area (Å²) in [7, 11) is 0. The minimum Gasteiger partial charge on any atom is -0.369 e. The fourth-order valence-corrected chi connectivity index (χ4v) is 2.94. The molecule has 20 heavy (non-hydrogen) atoms. The molecule has 2 heterocycles. The highest BCUT2D eigenvalue weighted by Crippen LogP contribution is 2.34. The summed E-state index contributed by atoms with van der Waals surface area (Å²) in [5.41, 5.74) is 1.07. The van der Waals surface area contributed by atoms with E-state index in [1.165, 1.54) is 0 Å². The van der Waals surface area contributed by atoms with Crippen LogP contribution in [0.5, 0.6) is 0 Å². The number of anilines is 1. The Hall–Kier alpha value is -0.680. The smallest absolute Gasteiger partial charge is 0.159 e. The summed E-state index contributed by atoms with van der Waals surface area (Å²) in [5, 5.41) is 3.31. The maximum atomic E-state index is 5.91. The molecule has 0 bridgehead atoms. The summed E-state index contributed by atoms with van der Waals surface area (Å²) < 4.78 is 6.90. The van der Waals surface area contributed by atoms with Crippen LogP contribution in [0.15, 0.2) is 4.47 Å². The van der Waals surface area contributed by atoms with Crippen LogP contribution < -0.4 is 5.32 Å². The summed E-state index contributed by atoms with van der Waals surface area (Å²) in [6.45, 7) is 9.44. The molecule has 0 aliphatic carbocycles. The van der Waals surface area contributed by atoms with Gasteiger partial charge in [-0.2, -0.15) is 0 Å². The maximum absolute atomic E-state index is 5.91. The van der Waals surface area contributed by atoms with Gasteiger partial charge in [0.05, 0.1) is 16.3 Å². The number of nitrogens with one attached hydrogen (secondary N) is 1. The van der Waals surface area contributed by atoms with Gasteiger partial charge in [0.15, 0.2) is 5.82 Å². The molecular weight excluding hydrogens is 318 g/mol. The molecule has 1 fully saturated rings. The third kappa shape index (κ3) is 3.70. The van der Waals surface area contributed by atoms with Gasteiger partial charge in [0.1, 0.15) is 11.9 Å². The Balaban J connectivity index is 2.33. The topological polar surface area (TPSA) is 47.0 Å². The van der Waals surface area contributed by atoms with Crippen LogP contribution in [0.25, 0.3) is 0 Å². The average Bonchev–Trinajstić information content (AvgIpc) is 2.80. The molecule has 1 aliphatic rings. The van der Waals surface area contributed by atoms with E-state index in [4.69, 9.17) is 9.72 Å². The zero-order chi connectivity index (χ0) is 14.7. The van der Waals surface area contributed by atoms with Gasteiger partial charge in [0, 0.05) is 6.54 Å². The number of hydrogen-bond acceptors (Lipinski definition) is 4. The Labute approximate surface area is 129 Å². The van der Waals surface area contributed by atoms with Crippen LogP contribution in [-0.2, 0) is 11.2 Å². The standard InChI is InChI=1S/C15H24BrN3O/c1-5-17-15-13(16)11(8-9(2)3)18-14(19-15)12-7-6-10(4)20-12/h9-10,12H,5-8H2,1-4H3,(H,17,18,19). The zero-order valence-corrected chi connectivity index (χ0v) is 14.3. The molecule has 2 rings (SSSR count). The Morgan fingerprint density at radius 1 is 1.35 bits per heavy atom. The van der Waals surface area contributed by atoms with Crippen molar-refractivity contribution in [2.75, 3.05) is 11.9 Å². The van der Waals surface area contributed by atoms with Crippen LogP contribution >= 0.6 is 15.9 Å². The number of hydrogen-bond donors (Lipinski definition) is 1. The van der Waals surface area contributed by atoms with Crippen LogP contribution in [0.3, 0.4) is 0 Å². The van der Waals surface area contributed by atoms with Crippen molar-refractivity contribution in [3.05, 3.63) is 16.0 Å². The molecule has 1 aromatic heterocycles. The number of halogens is 1. The number of nitrogens with zero attached hydrogens (tertiary/aromatic N) is 2. The number of aromatic nitrogens is 2. The highest BCUT2D eigenvalue weighted by molar-refractivity contribution is 9.10. The van der Waals surface area contributed by atoms with E-state index in [9.17, 15) is 0 Å². The van der Waals surface area contributed by atoms with E-state index in [1.54, 1.807) is 0 Å². The lowest BCUT2D eigenvalue weighted by Crippen LogP contribution is -2.13. The summed E-state index contributed by atoms with van der Waals surface area (Å²) >= 11 is 3.64. The Kier molecular flexibility index (Phi) is 5.38. The second kappa shape index (κ2) is 6.85. The van der Waals surface area contributed by atoms with E-state index >= 15 is 0 Å². The highest BCUT2D eigenvalue weighted by atomic mass is 79.9. The molecule has 1 saturated heterocycles. The molecule has 0 aromatic carbocycles. The fraction of sp³-hybridized carbons (Fsp3) is 0.733. The van der Waals surface area contributed by atoms with Gasteiger partial charge >= 0.3 is 0 Å². The largest absolute Gasteiger partial charge is 0.369 e. The SMILES string of the molecule is CCNc1nc(C2CCC(C)O2)nc(CC(C)C)c1Br. The molecule has 0 saturated carbocycles. The molecule has 1 aromatic rings. The van der Waals surface area contributed by atoms with Gasteiger partial charge in [0.25, 0.3) is 0 Å². The first-order valence-corrected chi connectivity index (χ1v) is 8.26. The van der Waals surface area contributed by atoms with Gasteiger partial charge in [-0.3, -0.25) is 0 Å². The lowest BCUT2D eigenvalue weighted by Gasteiger charge is -2.16. The van der Waals surface area contributed by atoms with Crippen molar-refractivity contribution in [3.8, 4) is 0 Å². The van der Waals surface area contributed by atoms with Crippen LogP contribution in [0.1, 0.15) is 58.2 Å². The van der Waals surface area contributed by atoms with Crippen LogP contribution in [0, 0.1) is 5.92 Å². The first kappa shape index (κ1) is 15.7. The first-order chi connectivity index (χ1) is 9.51. The Bertz CT molecular complexity index is 465. The van der Waals surface area contributed by atoms with Gasteiger partial charge in [-0.05, 0) is 55.0 Å². The van der Waals surface area contributed by atoms with E-state index in [0.717, 1.165) is 47.6 Å². The number of ether oxygens (including phenoxy) is 1. The number of rotatable bonds is 5. The van der Waals surface area contributed by atoms with E-state index in [0.29, 0.717) is 12.0 Å². The average molecular weight is 342 g/mol. The second-order valence-electron chi connectivity index (χ2n) is 5.83. The van der Waals surface area contributed by atoms with Crippen molar-refractivity contribution in [1.82, 2.24) is 9.97 Å². The van der Waals surface area contributed by atoms with E-state index in [2.05, 4.69) is 53.9 Å². The monoisotopic (exact) mass is 341 g/mol. The van der Waals surface area contributed by atoms with Crippen molar-refractivity contribution in [3.63, 3.8) is 0 Å². The van der Waals surface area contributed by atoms with Gasteiger partial charge < -0.3 is 10.1 Å². The maximum Gasteiger partial charge on any atom is 0.159 e. The van der Waals surface area contributed by atoms with Crippen molar-refractivity contribution in [2.45, 2.75) is 59.2 Å². The minimum absolute atomic E-state index is 0.0430. The molecule has 5 heteroatoms. The quantitative estimate of drug-likeness (QED) is 0.875. The fourth-order valence-electron chi connectivity index (χ4n) is 2.46. The summed E-state index contributed by atoms with van der Waals surface area (Å²) in [5.74, 6) is 2.27. The molecule has 1 aliphatic heterocycles. The Morgan fingerprint density at radius 2 is 2.10 bits per heavy atom. The van der Waals surface area contributed by atoms with Gasteiger partial charge in [0.2, 0.25) is 0 Å². The van der Waals surface area contributed by atoms with Crippen molar-refractivity contribution >= 4 is 21.7 Å². The lowest BCUT2D eigenvalue weighted by molar-refractivity contribution is 0.0502. The predicted molar refractivity (Wildman–Crippen MR) is 85.0 cm³/mol. The van der Waals surface area contributed by atoms with Crippen molar-refractivity contribution < 1.29 is 4.74 Å². The summed E-state index contributed by atoms with van der Waals surface area (Å²) in [6, 6.07) is 0. The van der Waals surface area contributed by atoms with Gasteiger partial charge in [-0.15, -0.1) is 0 Å². The van der Waals surface area contributed by atoms with Crippen molar-refractivity contribution in [2.24, 2.45) is 5.92 Å². The summed E-state index contributed by atoms with van der Waals surface area (Å²) in [6.07, 6.45) is 3.39. The van der Waals surface area contributed by atoms with Crippen LogP contribution in [0.4, 0.5) is 5.82 Å². The van der Waals surface area contributed by atoms with E-state index in [1.807, 2.05) is 0 Å². The molecule has 2 atom stereocenters. The molecule has 112 valence electrons. The molecule has 0 spiro atoms.